The number of nitrogens with zero attached hydrogens (tertiary/aromatic N) is 1. The first-order valence-electron chi connectivity index (χ1n) is 26.3. The monoisotopic (exact) mass is 1030 g/mol. The van der Waals surface area contributed by atoms with Gasteiger partial charge in [-0.25, -0.2) is 0 Å². The maximum absolute atomic E-state index is 14.2. The van der Waals surface area contributed by atoms with Crippen LogP contribution < -0.4 is 21.3 Å². The second-order valence-corrected chi connectivity index (χ2v) is 21.7. The number of amides is 4. The summed E-state index contributed by atoms with van der Waals surface area (Å²) in [7, 11) is 0. The standard InChI is InChI=1S/C57H87N5O10S/c1-11-49(65)48(28-30-73-10)60-53(69)27-26-46(64)36-58-54(70)44(37-63)35-52(68)47(21-17-18-29-62(12-2)13-3)61-56(72)42(31-38(4)5)33-50(66)39(6)59-55(71)43(32-40-19-15-14-16-20-40)34-51(67)41-22-24-45(25-23-41)57(7,8)9/h14-16,19-20,22-25,38-39,42-44,47-48,63H,11-13,17-18,21,26-37H2,1-10H3,(H,58,70)(H,59,71)(H,60,69)(H,61,72)/t39-,42+,43+,44-,47-,48-/m0/s1. The largest absolute Gasteiger partial charge is 0.396 e. The van der Waals surface area contributed by atoms with Crippen LogP contribution in [0.25, 0.3) is 0 Å². The molecule has 0 unspecified atom stereocenters. The molecule has 2 aromatic carbocycles. The van der Waals surface area contributed by atoms with E-state index < -0.39 is 96.4 Å². The van der Waals surface area contributed by atoms with Gasteiger partial charge in [0, 0.05) is 55.9 Å². The molecule has 5 N–H and O–H groups in total. The van der Waals surface area contributed by atoms with Crippen molar-refractivity contribution in [3.8, 4) is 0 Å². The third-order valence-electron chi connectivity index (χ3n) is 13.2. The van der Waals surface area contributed by atoms with E-state index in [9.17, 15) is 48.3 Å². The summed E-state index contributed by atoms with van der Waals surface area (Å²) in [5.74, 6) is -6.05. The molecule has 0 saturated carbocycles. The number of benzene rings is 2. The Balaban J connectivity index is 2.20. The molecule has 406 valence electrons. The van der Waals surface area contributed by atoms with Crippen LogP contribution in [0.2, 0.25) is 0 Å². The summed E-state index contributed by atoms with van der Waals surface area (Å²) >= 11 is 1.55. The summed E-state index contributed by atoms with van der Waals surface area (Å²) in [4.78, 5) is 123. The first-order valence-corrected chi connectivity index (χ1v) is 27.7. The van der Waals surface area contributed by atoms with E-state index in [2.05, 4.69) is 60.8 Å². The average molecular weight is 1030 g/mol. The van der Waals surface area contributed by atoms with E-state index in [-0.39, 0.29) is 67.8 Å². The molecule has 73 heavy (non-hydrogen) atoms. The van der Waals surface area contributed by atoms with Gasteiger partial charge in [0.1, 0.15) is 0 Å². The highest BCUT2D eigenvalue weighted by Gasteiger charge is 2.33. The van der Waals surface area contributed by atoms with Gasteiger partial charge < -0.3 is 31.3 Å². The van der Waals surface area contributed by atoms with Crippen molar-refractivity contribution in [1.29, 1.82) is 0 Å². The topological polar surface area (TPSA) is 225 Å². The molecule has 0 aromatic heterocycles. The molecule has 0 saturated heterocycles. The van der Waals surface area contributed by atoms with E-state index in [4.69, 9.17) is 0 Å². The Labute approximate surface area is 439 Å². The van der Waals surface area contributed by atoms with Gasteiger partial charge in [-0.15, -0.1) is 0 Å². The highest BCUT2D eigenvalue weighted by molar-refractivity contribution is 7.98. The molecule has 0 spiro atoms. The second kappa shape index (κ2) is 33.7. The number of carbonyl (C=O) groups is 9. The zero-order chi connectivity index (χ0) is 54.7. The molecule has 2 aromatic rings. The zero-order valence-electron chi connectivity index (χ0n) is 45.4. The van der Waals surface area contributed by atoms with Crippen molar-refractivity contribution in [2.24, 2.45) is 23.7 Å². The molecule has 0 aliphatic heterocycles. The quantitative estimate of drug-likeness (QED) is 0.0349. The van der Waals surface area contributed by atoms with Crippen molar-refractivity contribution in [3.63, 3.8) is 0 Å². The Kier molecular flexibility index (Phi) is 29.6. The lowest BCUT2D eigenvalue weighted by Gasteiger charge is -2.26. The third-order valence-corrected chi connectivity index (χ3v) is 13.9. The molecule has 0 radical (unpaired) electrons. The van der Waals surface area contributed by atoms with Gasteiger partial charge in [-0.3, -0.25) is 43.2 Å². The minimum absolute atomic E-state index is 0.0258. The van der Waals surface area contributed by atoms with Gasteiger partial charge in [0.2, 0.25) is 23.6 Å². The van der Waals surface area contributed by atoms with Gasteiger partial charge in [0.15, 0.2) is 28.9 Å². The molecule has 0 fully saturated rings. The molecule has 0 aliphatic rings. The van der Waals surface area contributed by atoms with E-state index in [1.807, 2.05) is 62.6 Å². The number of rotatable bonds is 37. The second-order valence-electron chi connectivity index (χ2n) is 20.7. The van der Waals surface area contributed by atoms with E-state index in [1.165, 1.54) is 0 Å². The lowest BCUT2D eigenvalue weighted by atomic mass is 9.85. The average Bonchev–Trinajstić information content (AvgIpc) is 3.36. The van der Waals surface area contributed by atoms with Crippen molar-refractivity contribution in [2.75, 3.05) is 44.8 Å². The summed E-state index contributed by atoms with van der Waals surface area (Å²) < 4.78 is 0. The van der Waals surface area contributed by atoms with E-state index >= 15 is 0 Å². The summed E-state index contributed by atoms with van der Waals surface area (Å²) in [5, 5.41) is 21.2. The van der Waals surface area contributed by atoms with Gasteiger partial charge in [0.25, 0.3) is 0 Å². The Hall–Kier alpha value is -5.06. The highest BCUT2D eigenvalue weighted by Crippen LogP contribution is 2.25. The number of hydrogen-bond donors (Lipinski definition) is 5. The Morgan fingerprint density at radius 2 is 1.29 bits per heavy atom. The molecule has 6 atom stereocenters. The van der Waals surface area contributed by atoms with E-state index in [0.717, 1.165) is 37.2 Å². The number of carbonyl (C=O) groups excluding carboxylic acids is 9. The lowest BCUT2D eigenvalue weighted by Crippen LogP contribution is -2.47. The van der Waals surface area contributed by atoms with Crippen molar-refractivity contribution in [1.82, 2.24) is 26.2 Å². The number of aliphatic hydroxyl groups excluding tert-OH is 1. The first kappa shape index (κ1) is 64.1. The van der Waals surface area contributed by atoms with Crippen LogP contribution in [0.1, 0.15) is 154 Å². The van der Waals surface area contributed by atoms with Crippen molar-refractivity contribution in [2.45, 2.75) is 163 Å². The minimum Gasteiger partial charge on any atom is -0.396 e. The van der Waals surface area contributed by atoms with E-state index in [0.29, 0.717) is 30.6 Å². The molecule has 15 nitrogen and oxygen atoms in total. The predicted octanol–water partition coefficient (Wildman–Crippen LogP) is 6.79. The van der Waals surface area contributed by atoms with Gasteiger partial charge >= 0.3 is 0 Å². The Bertz CT molecular complexity index is 2090. The van der Waals surface area contributed by atoms with Gasteiger partial charge in [-0.2, -0.15) is 11.8 Å². The molecular weight excluding hydrogens is 947 g/mol. The number of thioether (sulfide) groups is 1. The van der Waals surface area contributed by atoms with Crippen LogP contribution in [0.15, 0.2) is 54.6 Å². The fraction of sp³-hybridized carbons (Fsp3) is 0.632. The van der Waals surface area contributed by atoms with Crippen molar-refractivity contribution >= 4 is 64.3 Å². The fourth-order valence-electron chi connectivity index (χ4n) is 8.52. The SMILES string of the molecule is CCC(=O)[C@H](CCSC)NC(=O)CCC(=O)CNC(=O)[C@H](CO)CC(=O)[C@H](CCCCN(CC)CC)NC(=O)[C@@H](CC(=O)[C@H](C)NC(=O)[C@@H](CC(=O)c1ccc(C(C)(C)C)cc1)Cc1ccccc1)CC(C)C. The summed E-state index contributed by atoms with van der Waals surface area (Å²) in [6.07, 6.45) is 3.61. The number of Topliss-reactive ketones (excluding diaryl/α,β-unsaturated/α-hetero) is 5. The Morgan fingerprint density at radius 3 is 1.86 bits per heavy atom. The molecular formula is C57H87N5O10S. The zero-order valence-corrected chi connectivity index (χ0v) is 46.3. The first-order chi connectivity index (χ1) is 34.6. The summed E-state index contributed by atoms with van der Waals surface area (Å²) in [6.45, 7) is 18.8. The van der Waals surface area contributed by atoms with Crippen LogP contribution in [0.5, 0.6) is 0 Å². The van der Waals surface area contributed by atoms with Crippen molar-refractivity contribution in [3.05, 3.63) is 71.3 Å². The number of nitrogens with one attached hydrogen (secondary N) is 4. The number of aliphatic hydroxyl groups is 1. The van der Waals surface area contributed by atoms with Crippen LogP contribution in [-0.2, 0) is 50.2 Å². The molecule has 2 rings (SSSR count). The van der Waals surface area contributed by atoms with Gasteiger partial charge in [0.05, 0.1) is 37.2 Å². The molecule has 0 aliphatic carbocycles. The third kappa shape index (κ3) is 24.2. The minimum atomic E-state index is -1.23. The summed E-state index contributed by atoms with van der Waals surface area (Å²) in [6, 6.07) is 14.1. The molecule has 0 heterocycles. The van der Waals surface area contributed by atoms with Gasteiger partial charge in [-0.1, -0.05) is 110 Å². The number of unbranched alkanes of at least 4 members (excludes halogenated alkanes) is 1. The predicted molar refractivity (Wildman–Crippen MR) is 289 cm³/mol. The summed E-state index contributed by atoms with van der Waals surface area (Å²) in [5.41, 5.74) is 2.32. The van der Waals surface area contributed by atoms with Crippen LogP contribution in [0.4, 0.5) is 0 Å². The normalized spacial score (nSPS) is 14.0. The lowest BCUT2D eigenvalue weighted by molar-refractivity contribution is -0.135. The molecule has 16 heteroatoms. The number of hydrogen-bond acceptors (Lipinski definition) is 12. The number of ketones is 5. The van der Waals surface area contributed by atoms with Crippen LogP contribution >= 0.6 is 11.8 Å². The molecule has 0 bridgehead atoms. The van der Waals surface area contributed by atoms with Crippen LogP contribution in [-0.4, -0.2) is 125 Å². The van der Waals surface area contributed by atoms with Crippen molar-refractivity contribution < 1.29 is 48.3 Å². The van der Waals surface area contributed by atoms with E-state index in [1.54, 1.807) is 37.7 Å². The van der Waals surface area contributed by atoms with Crippen LogP contribution in [0, 0.1) is 23.7 Å². The highest BCUT2D eigenvalue weighted by atomic mass is 32.2. The fourth-order valence-corrected chi connectivity index (χ4v) is 8.99. The maximum atomic E-state index is 14.2. The maximum Gasteiger partial charge on any atom is 0.226 e. The smallest absolute Gasteiger partial charge is 0.226 e. The van der Waals surface area contributed by atoms with Gasteiger partial charge in [-0.05, 0) is 99.6 Å². The van der Waals surface area contributed by atoms with Crippen LogP contribution in [0.3, 0.4) is 0 Å². The Morgan fingerprint density at radius 1 is 0.671 bits per heavy atom. The molecule has 4 amide bonds.